The van der Waals surface area contributed by atoms with Crippen LogP contribution in [0.3, 0.4) is 0 Å². The predicted octanol–water partition coefficient (Wildman–Crippen LogP) is -0.311. The van der Waals surface area contributed by atoms with E-state index in [2.05, 4.69) is 10.6 Å². The fourth-order valence-corrected chi connectivity index (χ4v) is 2.56. The van der Waals surface area contributed by atoms with Crippen molar-refractivity contribution in [3.63, 3.8) is 0 Å². The average Bonchev–Trinajstić information content (AvgIpc) is 2.80. The molecule has 108 valence electrons. The molecule has 1 aliphatic carbocycles. The number of amides is 2. The van der Waals surface area contributed by atoms with E-state index >= 15 is 0 Å². The quantitative estimate of drug-likeness (QED) is 0.563. The largest absolute Gasteiger partial charge is 0.481 e. The molecule has 1 heterocycles. The number of carbonyl (C=O) groups is 2. The highest BCUT2D eigenvalue weighted by Crippen LogP contribution is 2.18. The zero-order valence-electron chi connectivity index (χ0n) is 10.7. The molecule has 2 fully saturated rings. The number of aliphatic hydroxyl groups excluding tert-OH is 1. The average molecular weight is 272 g/mol. The van der Waals surface area contributed by atoms with Crippen molar-refractivity contribution in [2.45, 2.75) is 43.9 Å². The van der Waals surface area contributed by atoms with E-state index in [9.17, 15) is 14.7 Å². The topological polar surface area (TPSA) is 108 Å². The van der Waals surface area contributed by atoms with Crippen LogP contribution in [0.5, 0.6) is 0 Å². The minimum Gasteiger partial charge on any atom is -0.481 e. The van der Waals surface area contributed by atoms with E-state index in [1.54, 1.807) is 0 Å². The highest BCUT2D eigenvalue weighted by Gasteiger charge is 2.35. The summed E-state index contributed by atoms with van der Waals surface area (Å²) in [5.41, 5.74) is 0. The highest BCUT2D eigenvalue weighted by molar-refractivity contribution is 5.77. The summed E-state index contributed by atoms with van der Waals surface area (Å²) in [6.45, 7) is 0.365. The predicted molar refractivity (Wildman–Crippen MR) is 65.7 cm³/mol. The van der Waals surface area contributed by atoms with Crippen LogP contribution in [0.15, 0.2) is 0 Å². The first-order valence-corrected chi connectivity index (χ1v) is 6.62. The molecule has 2 amide bonds. The van der Waals surface area contributed by atoms with Gasteiger partial charge in [0.1, 0.15) is 5.92 Å². The number of urea groups is 1. The number of carboxylic acid groups (broad SMARTS) is 1. The third-order valence-corrected chi connectivity index (χ3v) is 3.75. The maximum absolute atomic E-state index is 11.8. The van der Waals surface area contributed by atoms with Gasteiger partial charge in [0.05, 0.1) is 25.4 Å². The Morgan fingerprint density at radius 3 is 2.37 bits per heavy atom. The van der Waals surface area contributed by atoms with Crippen LogP contribution >= 0.6 is 0 Å². The Kier molecular flexibility index (Phi) is 4.60. The summed E-state index contributed by atoms with van der Waals surface area (Å²) in [5.74, 6) is -1.64. The Labute approximate surface area is 111 Å². The third kappa shape index (κ3) is 3.81. The second-order valence-corrected chi connectivity index (χ2v) is 5.21. The Bertz CT molecular complexity index is 341. The van der Waals surface area contributed by atoms with Gasteiger partial charge >= 0.3 is 12.0 Å². The minimum absolute atomic E-state index is 0.0500. The second-order valence-electron chi connectivity index (χ2n) is 5.21. The Morgan fingerprint density at radius 1 is 1.05 bits per heavy atom. The number of carboxylic acids is 1. The van der Waals surface area contributed by atoms with Crippen molar-refractivity contribution < 1.29 is 24.5 Å². The zero-order chi connectivity index (χ0) is 13.8. The van der Waals surface area contributed by atoms with Crippen LogP contribution in [0.1, 0.15) is 25.7 Å². The number of nitrogens with one attached hydrogen (secondary N) is 2. The maximum atomic E-state index is 11.8. The summed E-state index contributed by atoms with van der Waals surface area (Å²) in [5, 5.41) is 23.8. The van der Waals surface area contributed by atoms with E-state index in [4.69, 9.17) is 9.84 Å². The SMILES string of the molecule is O=C(NC1CCC(O)CC1)NC1COCC1C(=O)O. The molecule has 0 spiro atoms. The first-order chi connectivity index (χ1) is 9.06. The molecule has 0 radical (unpaired) electrons. The third-order valence-electron chi connectivity index (χ3n) is 3.75. The molecule has 0 aromatic rings. The fraction of sp³-hybridized carbons (Fsp3) is 0.833. The van der Waals surface area contributed by atoms with Gasteiger partial charge in [-0.25, -0.2) is 4.79 Å². The molecule has 2 unspecified atom stereocenters. The monoisotopic (exact) mass is 272 g/mol. The minimum atomic E-state index is -0.955. The van der Waals surface area contributed by atoms with Gasteiger partial charge in [0.25, 0.3) is 0 Å². The number of hydrogen-bond donors (Lipinski definition) is 4. The van der Waals surface area contributed by atoms with Crippen molar-refractivity contribution in [3.05, 3.63) is 0 Å². The first-order valence-electron chi connectivity index (χ1n) is 6.62. The smallest absolute Gasteiger partial charge is 0.315 e. The second kappa shape index (κ2) is 6.21. The molecule has 0 aromatic carbocycles. The van der Waals surface area contributed by atoms with Gasteiger partial charge in [-0.2, -0.15) is 0 Å². The summed E-state index contributed by atoms with van der Waals surface area (Å²) in [4.78, 5) is 22.7. The first kappa shape index (κ1) is 14.1. The number of aliphatic hydroxyl groups is 1. The van der Waals surface area contributed by atoms with Gasteiger partial charge in [-0.15, -0.1) is 0 Å². The van der Waals surface area contributed by atoms with Crippen molar-refractivity contribution in [1.82, 2.24) is 10.6 Å². The normalized spacial score (nSPS) is 34.8. The van der Waals surface area contributed by atoms with Gasteiger partial charge < -0.3 is 25.6 Å². The molecule has 0 bridgehead atoms. The lowest BCUT2D eigenvalue weighted by Crippen LogP contribution is -2.50. The Balaban J connectivity index is 1.76. The molecule has 2 atom stereocenters. The number of aliphatic carboxylic acids is 1. The van der Waals surface area contributed by atoms with Crippen LogP contribution in [0.25, 0.3) is 0 Å². The van der Waals surface area contributed by atoms with Gasteiger partial charge in [-0.05, 0) is 25.7 Å². The van der Waals surface area contributed by atoms with Crippen LogP contribution < -0.4 is 10.6 Å². The van der Waals surface area contributed by atoms with E-state index in [1.807, 2.05) is 0 Å². The summed E-state index contributed by atoms with van der Waals surface area (Å²) >= 11 is 0. The molecule has 7 heteroatoms. The molecule has 1 saturated carbocycles. The van der Waals surface area contributed by atoms with Crippen molar-refractivity contribution in [3.8, 4) is 0 Å². The summed E-state index contributed by atoms with van der Waals surface area (Å²) in [7, 11) is 0. The molecule has 1 saturated heterocycles. The highest BCUT2D eigenvalue weighted by atomic mass is 16.5. The lowest BCUT2D eigenvalue weighted by atomic mass is 9.93. The van der Waals surface area contributed by atoms with Crippen LogP contribution in [-0.2, 0) is 9.53 Å². The number of ether oxygens (including phenoxy) is 1. The van der Waals surface area contributed by atoms with E-state index < -0.39 is 17.9 Å². The van der Waals surface area contributed by atoms with Crippen LogP contribution in [0.2, 0.25) is 0 Å². The van der Waals surface area contributed by atoms with Crippen molar-refractivity contribution in [2.75, 3.05) is 13.2 Å². The van der Waals surface area contributed by atoms with E-state index in [-0.39, 0.29) is 31.4 Å². The van der Waals surface area contributed by atoms with Gasteiger partial charge in [-0.3, -0.25) is 4.79 Å². The molecule has 7 nitrogen and oxygen atoms in total. The van der Waals surface area contributed by atoms with Gasteiger partial charge in [0, 0.05) is 6.04 Å². The molecule has 4 N–H and O–H groups in total. The fourth-order valence-electron chi connectivity index (χ4n) is 2.56. The number of rotatable bonds is 3. The van der Waals surface area contributed by atoms with Crippen molar-refractivity contribution in [2.24, 2.45) is 5.92 Å². The zero-order valence-corrected chi connectivity index (χ0v) is 10.7. The number of carbonyl (C=O) groups excluding carboxylic acids is 1. The van der Waals surface area contributed by atoms with Crippen LogP contribution in [0.4, 0.5) is 4.79 Å². The Hall–Kier alpha value is -1.34. The molecule has 0 aromatic heterocycles. The molecule has 19 heavy (non-hydrogen) atoms. The molecular weight excluding hydrogens is 252 g/mol. The van der Waals surface area contributed by atoms with Gasteiger partial charge in [0.2, 0.25) is 0 Å². The van der Waals surface area contributed by atoms with Crippen molar-refractivity contribution in [1.29, 1.82) is 0 Å². The molecular formula is C12H20N2O5. The summed E-state index contributed by atoms with van der Waals surface area (Å²) in [6.07, 6.45) is 2.61. The van der Waals surface area contributed by atoms with E-state index in [0.717, 1.165) is 12.8 Å². The Morgan fingerprint density at radius 2 is 1.74 bits per heavy atom. The van der Waals surface area contributed by atoms with Gasteiger partial charge in [0.15, 0.2) is 0 Å². The van der Waals surface area contributed by atoms with Crippen LogP contribution in [0, 0.1) is 5.92 Å². The molecule has 2 aliphatic rings. The van der Waals surface area contributed by atoms with Gasteiger partial charge in [-0.1, -0.05) is 0 Å². The lowest BCUT2D eigenvalue weighted by Gasteiger charge is -2.27. The number of hydrogen-bond acceptors (Lipinski definition) is 4. The van der Waals surface area contributed by atoms with Crippen molar-refractivity contribution >= 4 is 12.0 Å². The lowest BCUT2D eigenvalue weighted by molar-refractivity contribution is -0.142. The summed E-state index contributed by atoms with van der Waals surface area (Å²) < 4.78 is 5.08. The van der Waals surface area contributed by atoms with Crippen LogP contribution in [-0.4, -0.2) is 53.6 Å². The maximum Gasteiger partial charge on any atom is 0.315 e. The molecule has 1 aliphatic heterocycles. The van der Waals surface area contributed by atoms with E-state index in [1.165, 1.54) is 0 Å². The molecule has 2 rings (SSSR count). The summed E-state index contributed by atoms with van der Waals surface area (Å²) in [6, 6.07) is -0.788. The van der Waals surface area contributed by atoms with E-state index in [0.29, 0.717) is 12.8 Å². The standard InChI is InChI=1S/C12H20N2O5/c15-8-3-1-7(2-4-8)13-12(18)14-10-6-19-5-9(10)11(16)17/h7-10,15H,1-6H2,(H,16,17)(H2,13,14,18).